The quantitative estimate of drug-likeness (QED) is 0.614. The van der Waals surface area contributed by atoms with Crippen LogP contribution in [0.1, 0.15) is 18.4 Å². The monoisotopic (exact) mass is 277 g/mol. The highest BCUT2D eigenvalue weighted by atomic mass is 16.5. The molecule has 1 rings (SSSR count). The zero-order valence-corrected chi connectivity index (χ0v) is 11.5. The highest BCUT2D eigenvalue weighted by Gasteiger charge is 2.16. The second-order valence-corrected chi connectivity index (χ2v) is 4.21. The fourth-order valence-electron chi connectivity index (χ4n) is 1.61. The number of hydrogen-bond acceptors (Lipinski definition) is 4. The van der Waals surface area contributed by atoms with E-state index < -0.39 is 6.09 Å². The van der Waals surface area contributed by atoms with Crippen molar-refractivity contribution in [2.45, 2.75) is 25.5 Å². The van der Waals surface area contributed by atoms with E-state index in [0.717, 1.165) is 5.56 Å². The molecule has 1 atom stereocenters. The van der Waals surface area contributed by atoms with Crippen molar-refractivity contribution in [2.24, 2.45) is 0 Å². The van der Waals surface area contributed by atoms with Crippen molar-refractivity contribution < 1.29 is 19.1 Å². The third-order valence-corrected chi connectivity index (χ3v) is 2.63. The first-order valence-electron chi connectivity index (χ1n) is 6.30. The molecule has 1 N–H and O–H groups in total. The van der Waals surface area contributed by atoms with Gasteiger partial charge in [-0.1, -0.05) is 36.4 Å². The minimum absolute atomic E-state index is 0.0863. The SMILES string of the molecule is C=CC[C@H](CC(=O)OC)NC(=O)OCc1ccccc1. The number of esters is 1. The van der Waals surface area contributed by atoms with Gasteiger partial charge < -0.3 is 14.8 Å². The van der Waals surface area contributed by atoms with Gasteiger partial charge in [0, 0.05) is 6.04 Å². The van der Waals surface area contributed by atoms with E-state index in [2.05, 4.69) is 16.6 Å². The zero-order valence-electron chi connectivity index (χ0n) is 11.5. The number of carbonyl (C=O) groups is 2. The molecule has 0 aromatic heterocycles. The lowest BCUT2D eigenvalue weighted by Gasteiger charge is -2.15. The van der Waals surface area contributed by atoms with E-state index in [9.17, 15) is 9.59 Å². The van der Waals surface area contributed by atoms with Crippen LogP contribution < -0.4 is 5.32 Å². The molecule has 0 unspecified atom stereocenters. The number of nitrogens with one attached hydrogen (secondary N) is 1. The van der Waals surface area contributed by atoms with Crippen LogP contribution in [0.15, 0.2) is 43.0 Å². The van der Waals surface area contributed by atoms with Crippen molar-refractivity contribution in [3.05, 3.63) is 48.6 Å². The maximum Gasteiger partial charge on any atom is 0.407 e. The molecule has 1 aromatic carbocycles. The molecule has 0 heterocycles. The number of hydrogen-bond donors (Lipinski definition) is 1. The Balaban J connectivity index is 2.41. The molecule has 0 radical (unpaired) electrons. The third kappa shape index (κ3) is 6.04. The summed E-state index contributed by atoms with van der Waals surface area (Å²) in [5, 5.41) is 2.62. The van der Waals surface area contributed by atoms with Gasteiger partial charge >= 0.3 is 12.1 Å². The van der Waals surface area contributed by atoms with Gasteiger partial charge in [0.1, 0.15) is 6.61 Å². The standard InChI is InChI=1S/C15H19NO4/c1-3-7-13(10-14(17)19-2)16-15(18)20-11-12-8-5-4-6-9-12/h3-6,8-9,13H,1,7,10-11H2,2H3,(H,16,18)/t13-/m1/s1. The lowest BCUT2D eigenvalue weighted by atomic mass is 10.1. The van der Waals surface area contributed by atoms with Crippen molar-refractivity contribution in [1.82, 2.24) is 5.32 Å². The van der Waals surface area contributed by atoms with Crippen LogP contribution in [0, 0.1) is 0 Å². The van der Waals surface area contributed by atoms with Crippen LogP contribution in [-0.4, -0.2) is 25.2 Å². The van der Waals surface area contributed by atoms with Crippen LogP contribution in [0.3, 0.4) is 0 Å². The Morgan fingerprint density at radius 2 is 2.05 bits per heavy atom. The Morgan fingerprint density at radius 1 is 1.35 bits per heavy atom. The van der Waals surface area contributed by atoms with Gasteiger partial charge in [0.2, 0.25) is 0 Å². The molecule has 0 spiro atoms. The summed E-state index contributed by atoms with van der Waals surface area (Å²) in [6, 6.07) is 8.98. The topological polar surface area (TPSA) is 64.6 Å². The number of ether oxygens (including phenoxy) is 2. The van der Waals surface area contributed by atoms with E-state index in [-0.39, 0.29) is 25.0 Å². The van der Waals surface area contributed by atoms with E-state index in [1.165, 1.54) is 7.11 Å². The Labute approximate surface area is 118 Å². The van der Waals surface area contributed by atoms with Gasteiger partial charge in [-0.25, -0.2) is 4.79 Å². The van der Waals surface area contributed by atoms with Gasteiger partial charge in [0.15, 0.2) is 0 Å². The summed E-state index contributed by atoms with van der Waals surface area (Å²) >= 11 is 0. The highest BCUT2D eigenvalue weighted by Crippen LogP contribution is 2.04. The van der Waals surface area contributed by atoms with Crippen LogP contribution in [0.2, 0.25) is 0 Å². The average molecular weight is 277 g/mol. The molecular formula is C15H19NO4. The molecule has 5 heteroatoms. The second kappa shape index (κ2) is 8.74. The maximum atomic E-state index is 11.7. The van der Waals surface area contributed by atoms with Gasteiger partial charge in [0.05, 0.1) is 13.5 Å². The minimum Gasteiger partial charge on any atom is -0.469 e. The van der Waals surface area contributed by atoms with Crippen LogP contribution in [0.4, 0.5) is 4.79 Å². The maximum absolute atomic E-state index is 11.7. The molecule has 1 aromatic rings. The summed E-state index contributed by atoms with van der Waals surface area (Å²) in [6.45, 7) is 3.78. The summed E-state index contributed by atoms with van der Waals surface area (Å²) in [5.41, 5.74) is 0.899. The van der Waals surface area contributed by atoms with E-state index in [0.29, 0.717) is 6.42 Å². The van der Waals surface area contributed by atoms with Crippen molar-refractivity contribution >= 4 is 12.1 Å². The molecule has 0 aliphatic heterocycles. The van der Waals surface area contributed by atoms with E-state index in [1.54, 1.807) is 6.08 Å². The Kier molecular flexibility index (Phi) is 6.89. The largest absolute Gasteiger partial charge is 0.469 e. The molecule has 0 saturated heterocycles. The van der Waals surface area contributed by atoms with Gasteiger partial charge in [0.25, 0.3) is 0 Å². The Morgan fingerprint density at radius 3 is 2.65 bits per heavy atom. The van der Waals surface area contributed by atoms with E-state index >= 15 is 0 Å². The first kappa shape index (κ1) is 15.8. The van der Waals surface area contributed by atoms with Gasteiger partial charge in [-0.3, -0.25) is 4.79 Å². The Hall–Kier alpha value is -2.30. The second-order valence-electron chi connectivity index (χ2n) is 4.21. The lowest BCUT2D eigenvalue weighted by molar-refractivity contribution is -0.141. The first-order valence-corrected chi connectivity index (χ1v) is 6.30. The van der Waals surface area contributed by atoms with Crippen LogP contribution in [-0.2, 0) is 20.9 Å². The molecule has 1 amide bonds. The number of alkyl carbamates (subject to hydrolysis) is 1. The van der Waals surface area contributed by atoms with Crippen molar-refractivity contribution in [3.8, 4) is 0 Å². The number of rotatable bonds is 7. The van der Waals surface area contributed by atoms with E-state index in [1.807, 2.05) is 30.3 Å². The average Bonchev–Trinajstić information content (AvgIpc) is 2.46. The lowest BCUT2D eigenvalue weighted by Crippen LogP contribution is -2.36. The smallest absolute Gasteiger partial charge is 0.407 e. The number of methoxy groups -OCH3 is 1. The van der Waals surface area contributed by atoms with Crippen LogP contribution in [0.25, 0.3) is 0 Å². The molecule has 0 bridgehead atoms. The Bertz CT molecular complexity index is 444. The fourth-order valence-corrected chi connectivity index (χ4v) is 1.61. The van der Waals surface area contributed by atoms with Gasteiger partial charge in [-0.05, 0) is 12.0 Å². The molecular weight excluding hydrogens is 258 g/mol. The number of amides is 1. The van der Waals surface area contributed by atoms with Gasteiger partial charge in [-0.15, -0.1) is 6.58 Å². The van der Waals surface area contributed by atoms with Gasteiger partial charge in [-0.2, -0.15) is 0 Å². The fraction of sp³-hybridized carbons (Fsp3) is 0.333. The van der Waals surface area contributed by atoms with E-state index in [4.69, 9.17) is 4.74 Å². The summed E-state index contributed by atoms with van der Waals surface area (Å²) in [4.78, 5) is 22.9. The normalized spacial score (nSPS) is 11.2. The highest BCUT2D eigenvalue weighted by molar-refractivity contribution is 5.72. The predicted octanol–water partition coefficient (Wildman–Crippen LogP) is 2.42. The van der Waals surface area contributed by atoms with Crippen molar-refractivity contribution in [1.29, 1.82) is 0 Å². The number of carbonyl (C=O) groups excluding carboxylic acids is 2. The summed E-state index contributed by atoms with van der Waals surface area (Å²) < 4.78 is 9.66. The molecule has 5 nitrogen and oxygen atoms in total. The summed E-state index contributed by atoms with van der Waals surface area (Å²) in [7, 11) is 1.31. The molecule has 0 aliphatic carbocycles. The zero-order chi connectivity index (χ0) is 14.8. The summed E-state index contributed by atoms with van der Waals surface area (Å²) in [5.74, 6) is -0.389. The summed E-state index contributed by atoms with van der Waals surface area (Å²) in [6.07, 6.45) is 1.62. The molecule has 0 fully saturated rings. The first-order chi connectivity index (χ1) is 9.65. The molecule has 0 aliphatic rings. The predicted molar refractivity (Wildman–Crippen MR) is 75.0 cm³/mol. The molecule has 20 heavy (non-hydrogen) atoms. The number of benzene rings is 1. The molecule has 0 saturated carbocycles. The van der Waals surface area contributed by atoms with Crippen molar-refractivity contribution in [3.63, 3.8) is 0 Å². The molecule has 108 valence electrons. The van der Waals surface area contributed by atoms with Crippen LogP contribution >= 0.6 is 0 Å². The third-order valence-electron chi connectivity index (χ3n) is 2.63. The minimum atomic E-state index is -0.565. The van der Waals surface area contributed by atoms with Crippen molar-refractivity contribution in [2.75, 3.05) is 7.11 Å². The van der Waals surface area contributed by atoms with Crippen LogP contribution in [0.5, 0.6) is 0 Å².